The zero-order chi connectivity index (χ0) is 16.4. The highest BCUT2D eigenvalue weighted by atomic mass is 16.5. The van der Waals surface area contributed by atoms with Gasteiger partial charge in [-0.3, -0.25) is 9.78 Å². The summed E-state index contributed by atoms with van der Waals surface area (Å²) >= 11 is 0. The largest absolute Gasteiger partial charge is 0.361 e. The third kappa shape index (κ3) is 3.08. The molecule has 0 saturated carbocycles. The highest BCUT2D eigenvalue weighted by Crippen LogP contribution is 2.18. The first-order valence-electron chi connectivity index (χ1n) is 7.54. The van der Waals surface area contributed by atoms with Crippen LogP contribution >= 0.6 is 0 Å². The topological polar surface area (TPSA) is 59.2 Å². The second-order valence-electron chi connectivity index (χ2n) is 5.72. The van der Waals surface area contributed by atoms with Gasteiger partial charge in [0.1, 0.15) is 5.76 Å². The van der Waals surface area contributed by atoms with Crippen LogP contribution in [0.1, 0.15) is 22.6 Å². The van der Waals surface area contributed by atoms with Crippen LogP contribution in [0.5, 0.6) is 0 Å². The van der Waals surface area contributed by atoms with Gasteiger partial charge in [0, 0.05) is 24.2 Å². The van der Waals surface area contributed by atoms with Gasteiger partial charge in [0.25, 0.3) is 0 Å². The normalized spacial score (nSPS) is 10.9. The van der Waals surface area contributed by atoms with E-state index in [2.05, 4.69) is 10.1 Å². The van der Waals surface area contributed by atoms with E-state index in [1.165, 1.54) is 0 Å². The standard InChI is InChI=1S/C18H19N3O2/c1-12-16(13(2)23-20-12)11-21(3)17(22)10-15-7-4-6-14-8-5-9-19-18(14)15/h4-9H,10-11H2,1-3H3. The summed E-state index contributed by atoms with van der Waals surface area (Å²) < 4.78 is 5.15. The molecule has 0 N–H and O–H groups in total. The van der Waals surface area contributed by atoms with Gasteiger partial charge in [-0.2, -0.15) is 0 Å². The first kappa shape index (κ1) is 15.2. The summed E-state index contributed by atoms with van der Waals surface area (Å²) in [6.07, 6.45) is 2.08. The number of carbonyl (C=O) groups excluding carboxylic acids is 1. The predicted molar refractivity (Wildman–Crippen MR) is 87.9 cm³/mol. The molecular formula is C18H19N3O2. The Morgan fingerprint density at radius 2 is 2.00 bits per heavy atom. The zero-order valence-corrected chi connectivity index (χ0v) is 13.5. The number of hydrogen-bond acceptors (Lipinski definition) is 4. The fraction of sp³-hybridized carbons (Fsp3) is 0.278. The van der Waals surface area contributed by atoms with E-state index >= 15 is 0 Å². The Balaban J connectivity index is 1.78. The minimum Gasteiger partial charge on any atom is -0.361 e. The first-order valence-corrected chi connectivity index (χ1v) is 7.54. The molecule has 2 aromatic heterocycles. The van der Waals surface area contributed by atoms with Crippen LogP contribution in [-0.2, 0) is 17.8 Å². The van der Waals surface area contributed by atoms with Gasteiger partial charge in [-0.1, -0.05) is 29.4 Å². The second-order valence-corrected chi connectivity index (χ2v) is 5.72. The van der Waals surface area contributed by atoms with Crippen LogP contribution in [0.3, 0.4) is 0 Å². The second kappa shape index (κ2) is 6.20. The number of rotatable bonds is 4. The van der Waals surface area contributed by atoms with Crippen molar-refractivity contribution in [2.24, 2.45) is 0 Å². The molecular weight excluding hydrogens is 290 g/mol. The molecule has 0 saturated heterocycles. The van der Waals surface area contributed by atoms with Crippen LogP contribution in [0, 0.1) is 13.8 Å². The Hall–Kier alpha value is -2.69. The fourth-order valence-electron chi connectivity index (χ4n) is 2.66. The van der Waals surface area contributed by atoms with Crippen molar-refractivity contribution in [3.05, 3.63) is 59.1 Å². The van der Waals surface area contributed by atoms with E-state index in [0.29, 0.717) is 13.0 Å². The van der Waals surface area contributed by atoms with Crippen LogP contribution in [0.25, 0.3) is 10.9 Å². The van der Waals surface area contributed by atoms with Crippen LogP contribution < -0.4 is 0 Å². The Morgan fingerprint density at radius 1 is 1.22 bits per heavy atom. The summed E-state index contributed by atoms with van der Waals surface area (Å²) in [4.78, 5) is 18.7. The number of pyridine rings is 1. The zero-order valence-electron chi connectivity index (χ0n) is 13.5. The molecule has 2 heterocycles. The minimum absolute atomic E-state index is 0.0446. The third-order valence-electron chi connectivity index (χ3n) is 4.06. The molecule has 0 unspecified atom stereocenters. The number of fused-ring (bicyclic) bond motifs is 1. The summed E-state index contributed by atoms with van der Waals surface area (Å²) in [5.74, 6) is 0.803. The molecule has 0 spiro atoms. The summed E-state index contributed by atoms with van der Waals surface area (Å²) in [6, 6.07) is 9.82. The minimum atomic E-state index is 0.0446. The number of aromatic nitrogens is 2. The van der Waals surface area contributed by atoms with Crippen LogP contribution in [0.2, 0.25) is 0 Å². The van der Waals surface area contributed by atoms with E-state index in [0.717, 1.165) is 33.5 Å². The average Bonchev–Trinajstić information content (AvgIpc) is 2.87. The quantitative estimate of drug-likeness (QED) is 0.743. The van der Waals surface area contributed by atoms with Gasteiger partial charge in [-0.05, 0) is 25.5 Å². The molecule has 0 radical (unpaired) electrons. The number of para-hydroxylation sites is 1. The van der Waals surface area contributed by atoms with Crippen LogP contribution in [-0.4, -0.2) is 28.0 Å². The molecule has 0 atom stereocenters. The van der Waals surface area contributed by atoms with Crippen molar-refractivity contribution >= 4 is 16.8 Å². The highest BCUT2D eigenvalue weighted by Gasteiger charge is 2.16. The molecule has 0 bridgehead atoms. The van der Waals surface area contributed by atoms with E-state index in [4.69, 9.17) is 4.52 Å². The van der Waals surface area contributed by atoms with Crippen LogP contribution in [0.15, 0.2) is 41.1 Å². The van der Waals surface area contributed by atoms with E-state index < -0.39 is 0 Å². The number of benzene rings is 1. The van der Waals surface area contributed by atoms with Crippen LogP contribution in [0.4, 0.5) is 0 Å². The molecule has 1 amide bonds. The maximum absolute atomic E-state index is 12.6. The van der Waals surface area contributed by atoms with E-state index in [1.807, 2.05) is 44.2 Å². The predicted octanol–water partition coefficient (Wildman–Crippen LogP) is 3.04. The van der Waals surface area contributed by atoms with Gasteiger partial charge < -0.3 is 9.42 Å². The van der Waals surface area contributed by atoms with E-state index in [9.17, 15) is 4.79 Å². The molecule has 0 aliphatic carbocycles. The Morgan fingerprint density at radius 3 is 2.74 bits per heavy atom. The van der Waals surface area contributed by atoms with Crippen molar-refractivity contribution in [2.75, 3.05) is 7.05 Å². The Bertz CT molecular complexity index is 830. The summed E-state index contributed by atoms with van der Waals surface area (Å²) in [7, 11) is 1.80. The molecule has 0 aliphatic heterocycles. The lowest BCUT2D eigenvalue weighted by Gasteiger charge is -2.17. The van der Waals surface area contributed by atoms with Gasteiger partial charge >= 0.3 is 0 Å². The number of likely N-dealkylation sites (N-methyl/N-ethyl adjacent to an activating group) is 1. The smallest absolute Gasteiger partial charge is 0.227 e. The van der Waals surface area contributed by atoms with Gasteiger partial charge in [-0.15, -0.1) is 0 Å². The van der Waals surface area contributed by atoms with Crippen molar-refractivity contribution < 1.29 is 9.32 Å². The van der Waals surface area contributed by atoms with Gasteiger partial charge in [-0.25, -0.2) is 0 Å². The maximum Gasteiger partial charge on any atom is 0.227 e. The van der Waals surface area contributed by atoms with Crippen molar-refractivity contribution in [2.45, 2.75) is 26.8 Å². The first-order chi connectivity index (χ1) is 11.1. The molecule has 1 aromatic carbocycles. The number of hydrogen-bond donors (Lipinski definition) is 0. The van der Waals surface area contributed by atoms with E-state index in [1.54, 1.807) is 18.1 Å². The molecule has 23 heavy (non-hydrogen) atoms. The number of carbonyl (C=O) groups is 1. The summed E-state index contributed by atoms with van der Waals surface area (Å²) in [5, 5.41) is 4.98. The van der Waals surface area contributed by atoms with Crippen molar-refractivity contribution in [1.82, 2.24) is 15.0 Å². The molecule has 118 valence electrons. The average molecular weight is 309 g/mol. The lowest BCUT2D eigenvalue weighted by atomic mass is 10.1. The van der Waals surface area contributed by atoms with Gasteiger partial charge in [0.15, 0.2) is 0 Å². The molecule has 0 aliphatic rings. The molecule has 3 rings (SSSR count). The maximum atomic E-state index is 12.6. The number of amides is 1. The SMILES string of the molecule is Cc1noc(C)c1CN(C)C(=O)Cc1cccc2cccnc12. The molecule has 5 heteroatoms. The molecule has 0 fully saturated rings. The summed E-state index contributed by atoms with van der Waals surface area (Å²) in [5.41, 5.74) is 3.62. The lowest BCUT2D eigenvalue weighted by Crippen LogP contribution is -2.28. The summed E-state index contributed by atoms with van der Waals surface area (Å²) in [6.45, 7) is 4.25. The Labute approximate surface area is 134 Å². The van der Waals surface area contributed by atoms with Crippen molar-refractivity contribution in [1.29, 1.82) is 0 Å². The molecule has 5 nitrogen and oxygen atoms in total. The van der Waals surface area contributed by atoms with E-state index in [-0.39, 0.29) is 5.91 Å². The monoisotopic (exact) mass is 309 g/mol. The molecule has 3 aromatic rings. The fourth-order valence-corrected chi connectivity index (χ4v) is 2.66. The van der Waals surface area contributed by atoms with Crippen molar-refractivity contribution in [3.63, 3.8) is 0 Å². The Kier molecular flexibility index (Phi) is 4.10. The van der Waals surface area contributed by atoms with Gasteiger partial charge in [0.05, 0.1) is 24.2 Å². The number of aryl methyl sites for hydroxylation is 2. The van der Waals surface area contributed by atoms with Crippen molar-refractivity contribution in [3.8, 4) is 0 Å². The highest BCUT2D eigenvalue weighted by molar-refractivity contribution is 5.87. The lowest BCUT2D eigenvalue weighted by molar-refractivity contribution is -0.129. The van der Waals surface area contributed by atoms with Gasteiger partial charge in [0.2, 0.25) is 5.91 Å². The third-order valence-corrected chi connectivity index (χ3v) is 4.06. The number of nitrogens with zero attached hydrogens (tertiary/aromatic N) is 3.